The van der Waals surface area contributed by atoms with Gasteiger partial charge < -0.3 is 9.52 Å². The summed E-state index contributed by atoms with van der Waals surface area (Å²) in [5.74, 6) is 0.856. The zero-order chi connectivity index (χ0) is 15.5. The quantitative estimate of drug-likeness (QED) is 0.675. The lowest BCUT2D eigenvalue weighted by molar-refractivity contribution is 0.477. The number of hydrogen-bond donors (Lipinski definition) is 1. The molecule has 2 aromatic carbocycles. The molecule has 0 aliphatic heterocycles. The molecule has 0 amide bonds. The van der Waals surface area contributed by atoms with Crippen LogP contribution in [0, 0.1) is 5.82 Å². The number of rotatable bonds is 3. The van der Waals surface area contributed by atoms with Crippen LogP contribution in [0.15, 0.2) is 64.0 Å². The summed E-state index contributed by atoms with van der Waals surface area (Å²) in [4.78, 5) is 4.14. The molecular weight excluding hydrogens is 305 g/mol. The van der Waals surface area contributed by atoms with E-state index >= 15 is 0 Å². The third-order valence-electron chi connectivity index (χ3n) is 3.02. The van der Waals surface area contributed by atoms with E-state index in [1.165, 1.54) is 24.4 Å². The number of benzene rings is 2. The molecule has 1 aromatic heterocycles. The predicted octanol–water partition coefficient (Wildman–Crippen LogP) is 5.20. The van der Waals surface area contributed by atoms with Crippen molar-refractivity contribution >= 4 is 23.5 Å². The van der Waals surface area contributed by atoms with Gasteiger partial charge in [0.25, 0.3) is 0 Å². The summed E-state index contributed by atoms with van der Waals surface area (Å²) in [6, 6.07) is 14.1. The van der Waals surface area contributed by atoms with Crippen molar-refractivity contribution in [1.82, 2.24) is 0 Å². The SMILES string of the molecule is Oc1ccc(Cl)cc1N=Cc1ccc(-c2ccc(F)cc2)o1. The van der Waals surface area contributed by atoms with Gasteiger partial charge in [-0.05, 0) is 54.6 Å². The number of phenols is 1. The Morgan fingerprint density at radius 2 is 1.82 bits per heavy atom. The molecule has 3 nitrogen and oxygen atoms in total. The van der Waals surface area contributed by atoms with Crippen molar-refractivity contribution in [2.75, 3.05) is 0 Å². The zero-order valence-corrected chi connectivity index (χ0v) is 12.1. The highest BCUT2D eigenvalue weighted by Crippen LogP contribution is 2.29. The highest BCUT2D eigenvalue weighted by molar-refractivity contribution is 6.30. The van der Waals surface area contributed by atoms with E-state index in [0.717, 1.165) is 5.56 Å². The molecule has 0 aliphatic rings. The Bertz CT molecular complexity index is 825. The van der Waals surface area contributed by atoms with Crippen LogP contribution in [0.5, 0.6) is 5.75 Å². The van der Waals surface area contributed by atoms with Crippen molar-refractivity contribution in [3.63, 3.8) is 0 Å². The minimum absolute atomic E-state index is 0.0333. The van der Waals surface area contributed by atoms with E-state index in [2.05, 4.69) is 4.99 Å². The highest BCUT2D eigenvalue weighted by atomic mass is 35.5. The first-order valence-corrected chi connectivity index (χ1v) is 6.88. The van der Waals surface area contributed by atoms with Gasteiger partial charge in [0.05, 0.1) is 6.21 Å². The van der Waals surface area contributed by atoms with Gasteiger partial charge in [0, 0.05) is 10.6 Å². The Labute approximate surface area is 131 Å². The lowest BCUT2D eigenvalue weighted by Crippen LogP contribution is -1.77. The van der Waals surface area contributed by atoms with Gasteiger partial charge in [0.1, 0.15) is 28.8 Å². The number of aromatic hydroxyl groups is 1. The number of furan rings is 1. The Morgan fingerprint density at radius 3 is 2.59 bits per heavy atom. The summed E-state index contributed by atoms with van der Waals surface area (Å²) in [6.07, 6.45) is 1.48. The van der Waals surface area contributed by atoms with Crippen molar-refractivity contribution in [2.45, 2.75) is 0 Å². The Hall–Kier alpha value is -2.59. The molecular formula is C17H11ClFNO2. The number of halogens is 2. The van der Waals surface area contributed by atoms with E-state index in [-0.39, 0.29) is 11.6 Å². The minimum atomic E-state index is -0.298. The fourth-order valence-electron chi connectivity index (χ4n) is 1.92. The molecule has 3 rings (SSSR count). The van der Waals surface area contributed by atoms with E-state index in [4.69, 9.17) is 16.0 Å². The molecule has 0 aliphatic carbocycles. The van der Waals surface area contributed by atoms with Crippen LogP contribution < -0.4 is 0 Å². The average Bonchev–Trinajstić information content (AvgIpc) is 2.98. The van der Waals surface area contributed by atoms with Crippen molar-refractivity contribution in [3.8, 4) is 17.1 Å². The summed E-state index contributed by atoms with van der Waals surface area (Å²) in [5, 5.41) is 10.2. The molecule has 5 heteroatoms. The van der Waals surface area contributed by atoms with Crippen LogP contribution in [0.3, 0.4) is 0 Å². The molecule has 3 aromatic rings. The maximum absolute atomic E-state index is 12.9. The molecule has 110 valence electrons. The highest BCUT2D eigenvalue weighted by Gasteiger charge is 2.04. The monoisotopic (exact) mass is 315 g/mol. The van der Waals surface area contributed by atoms with Crippen molar-refractivity contribution < 1.29 is 13.9 Å². The standard InChI is InChI=1S/C17H11ClFNO2/c18-12-3-7-16(21)15(9-12)20-10-14-6-8-17(22-14)11-1-4-13(19)5-2-11/h1-10,21H. The summed E-state index contributed by atoms with van der Waals surface area (Å²) in [7, 11) is 0. The van der Waals surface area contributed by atoms with E-state index in [0.29, 0.717) is 22.2 Å². The van der Waals surface area contributed by atoms with Crippen molar-refractivity contribution in [3.05, 3.63) is 71.2 Å². The molecule has 0 bridgehead atoms. The average molecular weight is 316 g/mol. The largest absolute Gasteiger partial charge is 0.506 e. The van der Waals surface area contributed by atoms with Gasteiger partial charge in [-0.1, -0.05) is 11.6 Å². The summed E-state index contributed by atoms with van der Waals surface area (Å²) < 4.78 is 18.5. The lowest BCUT2D eigenvalue weighted by atomic mass is 10.2. The van der Waals surface area contributed by atoms with Crippen LogP contribution in [0.1, 0.15) is 5.76 Å². The van der Waals surface area contributed by atoms with Crippen LogP contribution in [-0.2, 0) is 0 Å². The smallest absolute Gasteiger partial charge is 0.145 e. The molecule has 0 unspecified atom stereocenters. The van der Waals surface area contributed by atoms with Crippen LogP contribution in [0.4, 0.5) is 10.1 Å². The second-order valence-corrected chi connectivity index (χ2v) is 5.04. The van der Waals surface area contributed by atoms with E-state index in [1.807, 2.05) is 0 Å². The fourth-order valence-corrected chi connectivity index (χ4v) is 2.09. The lowest BCUT2D eigenvalue weighted by Gasteiger charge is -1.98. The molecule has 1 heterocycles. The van der Waals surface area contributed by atoms with Gasteiger partial charge in [-0.2, -0.15) is 0 Å². The van der Waals surface area contributed by atoms with Crippen molar-refractivity contribution in [1.29, 1.82) is 0 Å². The Balaban J connectivity index is 1.83. The molecule has 0 radical (unpaired) electrons. The fraction of sp³-hybridized carbons (Fsp3) is 0. The number of aliphatic imine (C=N–C) groups is 1. The number of nitrogens with zero attached hydrogens (tertiary/aromatic N) is 1. The van der Waals surface area contributed by atoms with Gasteiger partial charge in [-0.3, -0.25) is 0 Å². The third-order valence-corrected chi connectivity index (χ3v) is 3.26. The first-order valence-electron chi connectivity index (χ1n) is 6.50. The summed E-state index contributed by atoms with van der Waals surface area (Å²) >= 11 is 5.86. The molecule has 0 saturated carbocycles. The van der Waals surface area contributed by atoms with Gasteiger partial charge in [-0.25, -0.2) is 9.38 Å². The van der Waals surface area contributed by atoms with Crippen LogP contribution in [0.2, 0.25) is 5.02 Å². The van der Waals surface area contributed by atoms with Crippen LogP contribution >= 0.6 is 11.6 Å². The molecule has 22 heavy (non-hydrogen) atoms. The molecule has 0 saturated heterocycles. The second kappa shape index (κ2) is 6.03. The number of hydrogen-bond acceptors (Lipinski definition) is 3. The van der Waals surface area contributed by atoms with Gasteiger partial charge in [-0.15, -0.1) is 0 Å². The first-order chi connectivity index (χ1) is 10.6. The molecule has 0 spiro atoms. The topological polar surface area (TPSA) is 45.7 Å². The van der Waals surface area contributed by atoms with E-state index < -0.39 is 0 Å². The van der Waals surface area contributed by atoms with E-state index in [9.17, 15) is 9.50 Å². The first kappa shape index (κ1) is 14.4. The maximum atomic E-state index is 12.9. The van der Waals surface area contributed by atoms with E-state index in [1.54, 1.807) is 36.4 Å². The van der Waals surface area contributed by atoms with Crippen molar-refractivity contribution in [2.24, 2.45) is 4.99 Å². The Kier molecular flexibility index (Phi) is 3.94. The van der Waals surface area contributed by atoms with Gasteiger partial charge in [0.2, 0.25) is 0 Å². The Morgan fingerprint density at radius 1 is 1.05 bits per heavy atom. The molecule has 0 atom stereocenters. The summed E-state index contributed by atoms with van der Waals surface area (Å²) in [5.41, 5.74) is 1.12. The zero-order valence-electron chi connectivity index (χ0n) is 11.3. The predicted molar refractivity (Wildman–Crippen MR) is 84.5 cm³/mol. The number of phenolic OH excluding ortho intramolecular Hbond substituents is 1. The van der Waals surface area contributed by atoms with Gasteiger partial charge in [0.15, 0.2) is 0 Å². The molecule has 0 fully saturated rings. The van der Waals surface area contributed by atoms with Crippen LogP contribution in [-0.4, -0.2) is 11.3 Å². The summed E-state index contributed by atoms with van der Waals surface area (Å²) in [6.45, 7) is 0. The molecule has 1 N–H and O–H groups in total. The van der Waals surface area contributed by atoms with Crippen LogP contribution in [0.25, 0.3) is 11.3 Å². The van der Waals surface area contributed by atoms with Gasteiger partial charge >= 0.3 is 0 Å². The third kappa shape index (κ3) is 3.18. The minimum Gasteiger partial charge on any atom is -0.506 e. The maximum Gasteiger partial charge on any atom is 0.145 e. The second-order valence-electron chi connectivity index (χ2n) is 4.60. The normalized spacial score (nSPS) is 11.2.